The van der Waals surface area contributed by atoms with Crippen LogP contribution in [0.25, 0.3) is 5.69 Å². The van der Waals surface area contributed by atoms with E-state index < -0.39 is 6.36 Å². The van der Waals surface area contributed by atoms with Gasteiger partial charge in [-0.05, 0) is 73.1 Å². The van der Waals surface area contributed by atoms with Crippen molar-refractivity contribution in [1.82, 2.24) is 20.1 Å². The Morgan fingerprint density at radius 1 is 0.969 bits per heavy atom. The molecule has 1 aliphatic heterocycles. The number of aromatic nitrogens is 3. The molecule has 1 aliphatic carbocycles. The smallest absolute Gasteiger partial charge is 0.406 e. The molecule has 5 rings (SSSR count). The van der Waals surface area contributed by atoms with E-state index in [2.05, 4.69) is 24.8 Å². The zero-order chi connectivity index (χ0) is 22.3. The zero-order valence-corrected chi connectivity index (χ0v) is 18.0. The molecule has 1 fully saturated rings. The lowest BCUT2D eigenvalue weighted by Gasteiger charge is -2.29. The normalized spacial score (nSPS) is 20.9. The Kier molecular flexibility index (Phi) is 5.59. The van der Waals surface area contributed by atoms with Gasteiger partial charge in [-0.3, -0.25) is 4.57 Å². The first-order valence-electron chi connectivity index (χ1n) is 10.7. The van der Waals surface area contributed by atoms with Crippen LogP contribution < -0.4 is 10.1 Å². The van der Waals surface area contributed by atoms with Crippen molar-refractivity contribution >= 4 is 11.6 Å². The molecule has 0 bridgehead atoms. The second-order valence-corrected chi connectivity index (χ2v) is 8.79. The molecule has 2 heterocycles. The maximum absolute atomic E-state index is 12.6. The van der Waals surface area contributed by atoms with Crippen LogP contribution in [0.1, 0.15) is 60.3 Å². The van der Waals surface area contributed by atoms with Crippen LogP contribution in [0.2, 0.25) is 5.02 Å². The first-order valence-corrected chi connectivity index (χ1v) is 11.0. The molecule has 9 heteroatoms. The highest BCUT2D eigenvalue weighted by Crippen LogP contribution is 2.42. The van der Waals surface area contributed by atoms with E-state index in [-0.39, 0.29) is 17.6 Å². The highest BCUT2D eigenvalue weighted by Gasteiger charge is 2.32. The first kappa shape index (κ1) is 21.3. The lowest BCUT2D eigenvalue weighted by molar-refractivity contribution is -0.274. The number of ether oxygens (including phenoxy) is 1. The lowest BCUT2D eigenvalue weighted by atomic mass is 9.78. The summed E-state index contributed by atoms with van der Waals surface area (Å²) >= 11 is 6.20. The third kappa shape index (κ3) is 4.34. The van der Waals surface area contributed by atoms with Crippen molar-refractivity contribution < 1.29 is 17.9 Å². The predicted octanol–water partition coefficient (Wildman–Crippen LogP) is 5.86. The Labute approximate surface area is 188 Å². The largest absolute Gasteiger partial charge is 0.573 e. The maximum atomic E-state index is 12.6. The van der Waals surface area contributed by atoms with Gasteiger partial charge in [0.25, 0.3) is 0 Å². The number of nitrogens with one attached hydrogen (secondary N) is 1. The Morgan fingerprint density at radius 3 is 2.53 bits per heavy atom. The number of nitrogens with zero attached hydrogens (tertiary/aromatic N) is 3. The molecule has 0 unspecified atom stereocenters. The zero-order valence-electron chi connectivity index (χ0n) is 17.2. The average Bonchev–Trinajstić information content (AvgIpc) is 3.08. The molecule has 5 nitrogen and oxygen atoms in total. The second kappa shape index (κ2) is 8.41. The van der Waals surface area contributed by atoms with Gasteiger partial charge in [0.2, 0.25) is 0 Å². The van der Waals surface area contributed by atoms with Crippen molar-refractivity contribution in [3.05, 3.63) is 70.3 Å². The van der Waals surface area contributed by atoms with Crippen LogP contribution in [-0.2, 0) is 13.1 Å². The summed E-state index contributed by atoms with van der Waals surface area (Å²) in [5.41, 5.74) is 3.04. The molecule has 2 aliphatic rings. The van der Waals surface area contributed by atoms with E-state index in [4.69, 9.17) is 11.6 Å². The van der Waals surface area contributed by atoms with Gasteiger partial charge in [0.05, 0.1) is 12.2 Å². The monoisotopic (exact) mass is 462 g/mol. The molecule has 1 aromatic heterocycles. The highest BCUT2D eigenvalue weighted by atomic mass is 35.5. The van der Waals surface area contributed by atoms with E-state index in [1.807, 2.05) is 24.3 Å². The lowest BCUT2D eigenvalue weighted by Crippen LogP contribution is -2.18. The van der Waals surface area contributed by atoms with Crippen LogP contribution in [-0.4, -0.2) is 21.1 Å². The van der Waals surface area contributed by atoms with Crippen LogP contribution in [0.4, 0.5) is 13.2 Å². The van der Waals surface area contributed by atoms with Gasteiger partial charge in [-0.25, -0.2) is 0 Å². The molecule has 2 aromatic carbocycles. The molecule has 1 N–H and O–H groups in total. The van der Waals surface area contributed by atoms with Crippen LogP contribution in [0.15, 0.2) is 42.5 Å². The summed E-state index contributed by atoms with van der Waals surface area (Å²) < 4.78 is 43.9. The minimum atomic E-state index is -4.68. The summed E-state index contributed by atoms with van der Waals surface area (Å²) in [6.07, 6.45) is -1.16. The highest BCUT2D eigenvalue weighted by molar-refractivity contribution is 6.30. The van der Waals surface area contributed by atoms with E-state index in [9.17, 15) is 13.2 Å². The standard InChI is InChI=1S/C23H22ClF3N4O/c24-18-8-9-20-17(10-18)12-28-13-21-29-30-22(31(20)21)15-6-4-14(5-7-15)16-2-1-3-19(11-16)32-23(25,26)27/h1-3,8-11,14-15,28H,4-7,12-13H2/t14-,15-. The Bertz CT molecular complexity index is 1120. The number of hydrogen-bond acceptors (Lipinski definition) is 4. The summed E-state index contributed by atoms with van der Waals surface area (Å²) in [7, 11) is 0. The van der Waals surface area contributed by atoms with Gasteiger partial charge in [-0.1, -0.05) is 23.7 Å². The fraction of sp³-hybridized carbons (Fsp3) is 0.391. The Hall–Kier alpha value is -2.58. The van der Waals surface area contributed by atoms with E-state index in [1.165, 1.54) is 12.1 Å². The molecule has 0 spiro atoms. The number of fused-ring (bicyclic) bond motifs is 3. The van der Waals surface area contributed by atoms with Crippen molar-refractivity contribution in [2.75, 3.05) is 0 Å². The quantitative estimate of drug-likeness (QED) is 0.529. The van der Waals surface area contributed by atoms with Crippen LogP contribution in [0.5, 0.6) is 5.75 Å². The summed E-state index contributed by atoms with van der Waals surface area (Å²) in [6.45, 7) is 1.34. The van der Waals surface area contributed by atoms with E-state index >= 15 is 0 Å². The molecule has 0 radical (unpaired) electrons. The SMILES string of the molecule is FC(F)(F)Oc1cccc([C@H]2CC[C@H](c3nnc4n3-c3ccc(Cl)cc3CNC4)CC2)c1. The fourth-order valence-corrected chi connectivity index (χ4v) is 5.04. The molecular weight excluding hydrogens is 441 g/mol. The second-order valence-electron chi connectivity index (χ2n) is 8.36. The van der Waals surface area contributed by atoms with E-state index in [0.717, 1.165) is 54.1 Å². The molecule has 0 amide bonds. The fourth-order valence-electron chi connectivity index (χ4n) is 4.85. The number of rotatable bonds is 3. The number of hydrogen-bond donors (Lipinski definition) is 1. The third-order valence-corrected chi connectivity index (χ3v) is 6.53. The van der Waals surface area contributed by atoms with Crippen molar-refractivity contribution in [3.63, 3.8) is 0 Å². The van der Waals surface area contributed by atoms with Crippen LogP contribution >= 0.6 is 11.6 Å². The number of benzene rings is 2. The summed E-state index contributed by atoms with van der Waals surface area (Å²) in [4.78, 5) is 0. The minimum Gasteiger partial charge on any atom is -0.406 e. The summed E-state index contributed by atoms with van der Waals surface area (Å²) in [5, 5.41) is 13.0. The summed E-state index contributed by atoms with van der Waals surface area (Å²) in [5.74, 6) is 2.09. The van der Waals surface area contributed by atoms with Crippen molar-refractivity contribution in [2.24, 2.45) is 0 Å². The molecule has 3 aromatic rings. The molecular formula is C23H22ClF3N4O. The van der Waals surface area contributed by atoms with Gasteiger partial charge in [0.15, 0.2) is 5.82 Å². The topological polar surface area (TPSA) is 52.0 Å². The number of alkyl halides is 3. The minimum absolute atomic E-state index is 0.164. The molecule has 0 saturated heterocycles. The Balaban J connectivity index is 1.35. The van der Waals surface area contributed by atoms with Gasteiger partial charge >= 0.3 is 6.36 Å². The average molecular weight is 463 g/mol. The van der Waals surface area contributed by atoms with Gasteiger partial charge in [0, 0.05) is 17.5 Å². The first-order chi connectivity index (χ1) is 15.4. The molecule has 168 valence electrons. The number of halogens is 4. The van der Waals surface area contributed by atoms with Gasteiger partial charge in [-0.15, -0.1) is 23.4 Å². The van der Waals surface area contributed by atoms with Gasteiger partial charge in [-0.2, -0.15) is 0 Å². The van der Waals surface area contributed by atoms with Gasteiger partial charge in [0.1, 0.15) is 11.6 Å². The molecule has 32 heavy (non-hydrogen) atoms. The molecule has 1 saturated carbocycles. The van der Waals surface area contributed by atoms with Crippen molar-refractivity contribution in [1.29, 1.82) is 0 Å². The molecule has 0 atom stereocenters. The van der Waals surface area contributed by atoms with Crippen molar-refractivity contribution in [2.45, 2.75) is 57.0 Å². The van der Waals surface area contributed by atoms with Crippen LogP contribution in [0, 0.1) is 0 Å². The summed E-state index contributed by atoms with van der Waals surface area (Å²) in [6, 6.07) is 12.2. The Morgan fingerprint density at radius 2 is 1.75 bits per heavy atom. The third-order valence-electron chi connectivity index (χ3n) is 6.29. The van der Waals surface area contributed by atoms with Crippen LogP contribution in [0.3, 0.4) is 0 Å². The van der Waals surface area contributed by atoms with Gasteiger partial charge < -0.3 is 10.1 Å². The van der Waals surface area contributed by atoms with Crippen molar-refractivity contribution in [3.8, 4) is 11.4 Å². The predicted molar refractivity (Wildman–Crippen MR) is 114 cm³/mol. The van der Waals surface area contributed by atoms with E-state index in [1.54, 1.807) is 6.07 Å². The maximum Gasteiger partial charge on any atom is 0.573 e. The van der Waals surface area contributed by atoms with E-state index in [0.29, 0.717) is 18.1 Å².